The van der Waals surface area contributed by atoms with Gasteiger partial charge in [0.25, 0.3) is 0 Å². The molecular formula is C19H22BNO2. The molecule has 0 saturated carbocycles. The van der Waals surface area contributed by atoms with Gasteiger partial charge in [0.15, 0.2) is 0 Å². The Balaban J connectivity index is 1.92. The normalized spacial score (nSPS) is 11.1. The number of unbranched alkanes of at least 4 members (excludes halogenated alkanes) is 1. The van der Waals surface area contributed by atoms with Gasteiger partial charge in [0, 0.05) is 24.2 Å². The number of benzene rings is 2. The van der Waals surface area contributed by atoms with Crippen LogP contribution in [0.15, 0.2) is 54.6 Å². The van der Waals surface area contributed by atoms with Crippen LogP contribution in [0, 0.1) is 0 Å². The maximum absolute atomic E-state index is 9.19. The lowest BCUT2D eigenvalue weighted by Crippen LogP contribution is -2.29. The summed E-state index contributed by atoms with van der Waals surface area (Å²) >= 11 is 0. The first kappa shape index (κ1) is 15.8. The first-order chi connectivity index (χ1) is 11.2. The average Bonchev–Trinajstić information content (AvgIpc) is 2.90. The van der Waals surface area contributed by atoms with E-state index in [1.807, 2.05) is 12.1 Å². The van der Waals surface area contributed by atoms with Gasteiger partial charge in [-0.3, -0.25) is 0 Å². The molecule has 0 radical (unpaired) electrons. The summed E-state index contributed by atoms with van der Waals surface area (Å²) in [6, 6.07) is 18.3. The Hall–Kier alpha value is -2.04. The molecule has 0 unspecified atom stereocenters. The molecule has 0 amide bonds. The predicted molar refractivity (Wildman–Crippen MR) is 95.9 cm³/mol. The molecule has 3 aromatic rings. The van der Waals surface area contributed by atoms with Gasteiger partial charge in [-0.05, 0) is 35.0 Å². The van der Waals surface area contributed by atoms with E-state index in [4.69, 9.17) is 0 Å². The lowest BCUT2D eigenvalue weighted by atomic mass is 9.80. The summed E-state index contributed by atoms with van der Waals surface area (Å²) < 4.78 is 2.41. The highest BCUT2D eigenvalue weighted by molar-refractivity contribution is 6.58. The number of nitrogens with zero attached hydrogens (tertiary/aromatic N) is 1. The van der Waals surface area contributed by atoms with Crippen LogP contribution in [0.5, 0.6) is 0 Å². The smallest absolute Gasteiger partial charge is 0.423 e. The molecular weight excluding hydrogens is 285 g/mol. The minimum atomic E-state index is -1.40. The van der Waals surface area contributed by atoms with Crippen molar-refractivity contribution in [3.05, 3.63) is 65.9 Å². The van der Waals surface area contributed by atoms with Crippen LogP contribution in [0.3, 0.4) is 0 Å². The van der Waals surface area contributed by atoms with E-state index in [9.17, 15) is 10.0 Å². The monoisotopic (exact) mass is 307 g/mol. The standard InChI is InChI=1S/C19H22BNO2/c1-2-3-12-21-18(14-16-6-4-5-7-19(16)21)13-15-8-10-17(11-9-15)20(22)23/h4-11,14,22-23H,2-3,12-13H2,1H3. The molecule has 23 heavy (non-hydrogen) atoms. The minimum absolute atomic E-state index is 0.528. The molecule has 0 atom stereocenters. The fourth-order valence-electron chi connectivity index (χ4n) is 3.01. The van der Waals surface area contributed by atoms with Crippen molar-refractivity contribution in [3.8, 4) is 0 Å². The van der Waals surface area contributed by atoms with Gasteiger partial charge in [-0.25, -0.2) is 0 Å². The second-order valence-corrected chi connectivity index (χ2v) is 5.99. The van der Waals surface area contributed by atoms with Crippen LogP contribution >= 0.6 is 0 Å². The van der Waals surface area contributed by atoms with E-state index in [0.717, 1.165) is 13.0 Å². The fourth-order valence-corrected chi connectivity index (χ4v) is 3.01. The van der Waals surface area contributed by atoms with Gasteiger partial charge in [-0.15, -0.1) is 0 Å². The van der Waals surface area contributed by atoms with Crippen molar-refractivity contribution in [3.63, 3.8) is 0 Å². The molecule has 1 heterocycles. The third-order valence-electron chi connectivity index (χ3n) is 4.29. The van der Waals surface area contributed by atoms with Gasteiger partial charge < -0.3 is 14.6 Å². The summed E-state index contributed by atoms with van der Waals surface area (Å²) in [4.78, 5) is 0. The van der Waals surface area contributed by atoms with Crippen LogP contribution < -0.4 is 5.46 Å². The van der Waals surface area contributed by atoms with Crippen LogP contribution in [-0.2, 0) is 13.0 Å². The first-order valence-corrected chi connectivity index (χ1v) is 8.21. The van der Waals surface area contributed by atoms with Crippen molar-refractivity contribution in [2.75, 3.05) is 0 Å². The molecule has 3 nitrogen and oxygen atoms in total. The molecule has 0 fully saturated rings. The van der Waals surface area contributed by atoms with Gasteiger partial charge in [-0.1, -0.05) is 55.8 Å². The molecule has 0 spiro atoms. The van der Waals surface area contributed by atoms with Crippen LogP contribution in [0.1, 0.15) is 31.0 Å². The van der Waals surface area contributed by atoms with Gasteiger partial charge in [0.1, 0.15) is 0 Å². The number of aromatic nitrogens is 1. The lowest BCUT2D eigenvalue weighted by molar-refractivity contribution is 0.426. The van der Waals surface area contributed by atoms with Crippen LogP contribution in [0.4, 0.5) is 0 Å². The molecule has 0 aliphatic carbocycles. The molecule has 3 rings (SSSR count). The third-order valence-corrected chi connectivity index (χ3v) is 4.29. The van der Waals surface area contributed by atoms with E-state index in [-0.39, 0.29) is 0 Å². The van der Waals surface area contributed by atoms with Gasteiger partial charge in [-0.2, -0.15) is 0 Å². The summed E-state index contributed by atoms with van der Waals surface area (Å²) in [5, 5.41) is 19.7. The largest absolute Gasteiger partial charge is 0.488 e. The summed E-state index contributed by atoms with van der Waals surface area (Å²) in [6.07, 6.45) is 3.19. The number of hydrogen-bond acceptors (Lipinski definition) is 2. The molecule has 0 aliphatic heterocycles. The first-order valence-electron chi connectivity index (χ1n) is 8.21. The van der Waals surface area contributed by atoms with Crippen LogP contribution in [-0.4, -0.2) is 21.7 Å². The number of rotatable bonds is 6. The summed E-state index contributed by atoms with van der Waals surface area (Å²) in [7, 11) is -1.40. The zero-order valence-corrected chi connectivity index (χ0v) is 13.4. The number of fused-ring (bicyclic) bond motifs is 1. The van der Waals surface area contributed by atoms with Crippen molar-refractivity contribution < 1.29 is 10.0 Å². The number of para-hydroxylation sites is 1. The van der Waals surface area contributed by atoms with E-state index in [2.05, 4.69) is 41.8 Å². The predicted octanol–water partition coefficient (Wildman–Crippen LogP) is 2.71. The molecule has 2 N–H and O–H groups in total. The van der Waals surface area contributed by atoms with E-state index >= 15 is 0 Å². The summed E-state index contributed by atoms with van der Waals surface area (Å²) in [5.41, 5.74) is 4.30. The quantitative estimate of drug-likeness (QED) is 0.688. The highest BCUT2D eigenvalue weighted by Gasteiger charge is 2.12. The Morgan fingerprint density at radius 1 is 1.00 bits per heavy atom. The van der Waals surface area contributed by atoms with Gasteiger partial charge in [0.05, 0.1) is 0 Å². The Morgan fingerprint density at radius 2 is 1.74 bits per heavy atom. The SMILES string of the molecule is CCCCn1c(Cc2ccc(B(O)O)cc2)cc2ccccc21. The molecule has 1 aromatic heterocycles. The average molecular weight is 307 g/mol. The highest BCUT2D eigenvalue weighted by atomic mass is 16.4. The minimum Gasteiger partial charge on any atom is -0.423 e. The van der Waals surface area contributed by atoms with Crippen LogP contribution in [0.25, 0.3) is 10.9 Å². The summed E-state index contributed by atoms with van der Waals surface area (Å²) in [5.74, 6) is 0. The van der Waals surface area contributed by atoms with Crippen LogP contribution in [0.2, 0.25) is 0 Å². The maximum atomic E-state index is 9.19. The second kappa shape index (κ2) is 7.03. The molecule has 0 bridgehead atoms. The molecule has 0 saturated heterocycles. The van der Waals surface area contributed by atoms with Gasteiger partial charge >= 0.3 is 7.12 Å². The third kappa shape index (κ3) is 3.49. The topological polar surface area (TPSA) is 45.4 Å². The number of hydrogen-bond donors (Lipinski definition) is 2. The Kier molecular flexibility index (Phi) is 4.84. The van der Waals surface area contributed by atoms with E-state index in [0.29, 0.717) is 5.46 Å². The van der Waals surface area contributed by atoms with Crippen molar-refractivity contribution in [2.24, 2.45) is 0 Å². The Morgan fingerprint density at radius 3 is 2.43 bits per heavy atom. The molecule has 0 aliphatic rings. The van der Waals surface area contributed by atoms with Crippen molar-refractivity contribution >= 4 is 23.5 Å². The van der Waals surface area contributed by atoms with Crippen molar-refractivity contribution in [2.45, 2.75) is 32.7 Å². The van der Waals surface area contributed by atoms with Crippen molar-refractivity contribution in [1.29, 1.82) is 0 Å². The molecule has 118 valence electrons. The van der Waals surface area contributed by atoms with E-state index in [1.165, 1.54) is 35.0 Å². The second-order valence-electron chi connectivity index (χ2n) is 5.99. The molecule has 2 aromatic carbocycles. The Bertz CT molecular complexity index is 778. The Labute approximate surface area is 137 Å². The highest BCUT2D eigenvalue weighted by Crippen LogP contribution is 2.22. The zero-order chi connectivity index (χ0) is 16.2. The van der Waals surface area contributed by atoms with E-state index in [1.54, 1.807) is 12.1 Å². The van der Waals surface area contributed by atoms with Gasteiger partial charge in [0.2, 0.25) is 0 Å². The zero-order valence-electron chi connectivity index (χ0n) is 13.4. The maximum Gasteiger partial charge on any atom is 0.488 e. The summed E-state index contributed by atoms with van der Waals surface area (Å²) in [6.45, 7) is 3.25. The molecule has 4 heteroatoms. The number of aryl methyl sites for hydroxylation is 1. The fraction of sp³-hybridized carbons (Fsp3) is 0.263. The van der Waals surface area contributed by atoms with E-state index < -0.39 is 7.12 Å². The lowest BCUT2D eigenvalue weighted by Gasteiger charge is -2.11. The van der Waals surface area contributed by atoms with Crippen molar-refractivity contribution in [1.82, 2.24) is 4.57 Å².